The Morgan fingerprint density at radius 1 is 1.00 bits per heavy atom. The summed E-state index contributed by atoms with van der Waals surface area (Å²) in [6.45, 7) is 1.05. The van der Waals surface area contributed by atoms with Crippen molar-refractivity contribution in [1.82, 2.24) is 4.90 Å². The Labute approximate surface area is 148 Å². The molecule has 1 N–H and O–H groups in total. The second kappa shape index (κ2) is 6.91. The van der Waals surface area contributed by atoms with E-state index in [1.807, 2.05) is 0 Å². The third-order valence-corrected chi connectivity index (χ3v) is 3.98. The summed E-state index contributed by atoms with van der Waals surface area (Å²) in [7, 11) is 0. The second-order valence-corrected chi connectivity index (χ2v) is 5.78. The van der Waals surface area contributed by atoms with Crippen molar-refractivity contribution in [3.8, 4) is 0 Å². The molecule has 2 aromatic rings. The zero-order valence-electron chi connectivity index (χ0n) is 13.8. The predicted octanol–water partition coefficient (Wildman–Crippen LogP) is 2.76. The van der Waals surface area contributed by atoms with Gasteiger partial charge in [0, 0.05) is 11.4 Å². The molecule has 1 aliphatic heterocycles. The molecule has 1 atom stereocenters. The van der Waals surface area contributed by atoms with Gasteiger partial charge in [-0.2, -0.15) is 0 Å². The Kier molecular flexibility index (Phi) is 4.66. The van der Waals surface area contributed by atoms with Crippen molar-refractivity contribution in [1.29, 1.82) is 0 Å². The van der Waals surface area contributed by atoms with Gasteiger partial charge in [0.1, 0.15) is 24.2 Å². The van der Waals surface area contributed by atoms with Gasteiger partial charge in [0.25, 0.3) is 5.91 Å². The van der Waals surface area contributed by atoms with Crippen molar-refractivity contribution in [2.45, 2.75) is 13.0 Å². The van der Waals surface area contributed by atoms with E-state index in [-0.39, 0.29) is 0 Å². The third kappa shape index (κ3) is 3.39. The van der Waals surface area contributed by atoms with Gasteiger partial charge in [0.05, 0.1) is 0 Å². The predicted molar refractivity (Wildman–Crippen MR) is 90.5 cm³/mol. The van der Waals surface area contributed by atoms with Gasteiger partial charge in [0.2, 0.25) is 5.91 Å². The van der Waals surface area contributed by atoms with Crippen LogP contribution >= 0.6 is 0 Å². The zero-order chi connectivity index (χ0) is 18.8. The molecule has 1 aliphatic rings. The third-order valence-electron chi connectivity index (χ3n) is 3.98. The molecule has 0 spiro atoms. The zero-order valence-corrected chi connectivity index (χ0v) is 13.8. The van der Waals surface area contributed by atoms with Gasteiger partial charge < -0.3 is 5.32 Å². The van der Waals surface area contributed by atoms with Gasteiger partial charge in [0.15, 0.2) is 0 Å². The van der Waals surface area contributed by atoms with Crippen LogP contribution < -0.4 is 10.2 Å². The number of hydrogen-bond donors (Lipinski definition) is 1. The van der Waals surface area contributed by atoms with Crippen LogP contribution in [0.2, 0.25) is 0 Å². The maximum atomic E-state index is 13.1. The average Bonchev–Trinajstić information content (AvgIpc) is 2.82. The molecular formula is C18H15F2N3O3. The van der Waals surface area contributed by atoms with E-state index in [2.05, 4.69) is 5.32 Å². The van der Waals surface area contributed by atoms with Gasteiger partial charge in [-0.15, -0.1) is 0 Å². The minimum Gasteiger partial charge on any atom is -0.325 e. The van der Waals surface area contributed by atoms with Gasteiger partial charge in [-0.3, -0.25) is 19.4 Å². The van der Waals surface area contributed by atoms with Crippen LogP contribution in [0.5, 0.6) is 0 Å². The van der Waals surface area contributed by atoms with Crippen molar-refractivity contribution < 1.29 is 23.2 Å². The molecule has 1 fully saturated rings. The second-order valence-electron chi connectivity index (χ2n) is 5.78. The van der Waals surface area contributed by atoms with E-state index in [4.69, 9.17) is 0 Å². The average molecular weight is 359 g/mol. The van der Waals surface area contributed by atoms with Crippen LogP contribution in [-0.4, -0.2) is 35.3 Å². The van der Waals surface area contributed by atoms with Crippen LogP contribution in [0.4, 0.5) is 25.0 Å². The number of halogens is 2. The molecule has 1 saturated heterocycles. The number of carbonyl (C=O) groups excluding carboxylic acids is 3. The number of nitrogens with one attached hydrogen (secondary N) is 1. The Hall–Kier alpha value is -3.29. The Bertz CT molecular complexity index is 853. The largest absolute Gasteiger partial charge is 0.332 e. The lowest BCUT2D eigenvalue weighted by molar-refractivity contribution is -0.130. The van der Waals surface area contributed by atoms with Crippen LogP contribution in [0.1, 0.15) is 6.92 Å². The first kappa shape index (κ1) is 17.5. The van der Waals surface area contributed by atoms with E-state index in [9.17, 15) is 23.2 Å². The van der Waals surface area contributed by atoms with Crippen LogP contribution in [0.25, 0.3) is 0 Å². The summed E-state index contributed by atoms with van der Waals surface area (Å²) in [5.41, 5.74) is 0.706. The lowest BCUT2D eigenvalue weighted by Crippen LogP contribution is -2.39. The minimum atomic E-state index is -0.813. The number of benzene rings is 2. The van der Waals surface area contributed by atoms with E-state index in [0.29, 0.717) is 11.4 Å². The summed E-state index contributed by atoms with van der Waals surface area (Å²) < 4.78 is 26.0. The summed E-state index contributed by atoms with van der Waals surface area (Å²) in [6.07, 6.45) is 0. The number of carbonyl (C=O) groups is 3. The van der Waals surface area contributed by atoms with Crippen LogP contribution in [0, 0.1) is 11.6 Å². The Balaban J connectivity index is 1.72. The number of urea groups is 1. The van der Waals surface area contributed by atoms with Crippen LogP contribution in [0.3, 0.4) is 0 Å². The first-order valence-corrected chi connectivity index (χ1v) is 7.82. The number of hydrogen-bond acceptors (Lipinski definition) is 3. The highest BCUT2D eigenvalue weighted by molar-refractivity contribution is 6.16. The van der Waals surface area contributed by atoms with Crippen molar-refractivity contribution in [3.05, 3.63) is 60.2 Å². The SMILES string of the molecule is CC1C(=O)N(CC(=O)Nc2ccc(F)cc2)C(=O)N1c1ccc(F)cc1. The van der Waals surface area contributed by atoms with Gasteiger partial charge >= 0.3 is 6.03 Å². The molecule has 0 aromatic heterocycles. The van der Waals surface area contributed by atoms with Crippen molar-refractivity contribution in [2.75, 3.05) is 16.8 Å². The van der Waals surface area contributed by atoms with E-state index in [0.717, 1.165) is 4.90 Å². The molecule has 0 aliphatic carbocycles. The maximum Gasteiger partial charge on any atom is 0.332 e. The normalized spacial score (nSPS) is 17.0. The minimum absolute atomic E-state index is 0.346. The lowest BCUT2D eigenvalue weighted by atomic mass is 10.2. The molecule has 2 aromatic carbocycles. The quantitative estimate of drug-likeness (QED) is 0.854. The smallest absolute Gasteiger partial charge is 0.325 e. The molecule has 0 bridgehead atoms. The number of rotatable bonds is 4. The van der Waals surface area contributed by atoms with Crippen LogP contribution in [0.15, 0.2) is 48.5 Å². The Morgan fingerprint density at radius 2 is 1.54 bits per heavy atom. The molecule has 1 unspecified atom stereocenters. The van der Waals surface area contributed by atoms with Crippen LogP contribution in [-0.2, 0) is 9.59 Å². The highest BCUT2D eigenvalue weighted by atomic mass is 19.1. The van der Waals surface area contributed by atoms with Crippen molar-refractivity contribution >= 4 is 29.2 Å². The first-order chi connectivity index (χ1) is 12.4. The van der Waals surface area contributed by atoms with E-state index < -0.39 is 42.1 Å². The molecule has 134 valence electrons. The fourth-order valence-electron chi connectivity index (χ4n) is 2.68. The highest BCUT2D eigenvalue weighted by Crippen LogP contribution is 2.25. The highest BCUT2D eigenvalue weighted by Gasteiger charge is 2.44. The lowest BCUT2D eigenvalue weighted by Gasteiger charge is -2.19. The molecule has 0 radical (unpaired) electrons. The maximum absolute atomic E-state index is 13.1. The molecule has 8 heteroatoms. The van der Waals surface area contributed by atoms with Crippen molar-refractivity contribution in [3.63, 3.8) is 0 Å². The van der Waals surface area contributed by atoms with E-state index >= 15 is 0 Å². The Morgan fingerprint density at radius 3 is 2.12 bits per heavy atom. The molecule has 1 heterocycles. The van der Waals surface area contributed by atoms with Gasteiger partial charge in [-0.25, -0.2) is 13.6 Å². The number of imide groups is 1. The number of nitrogens with zero attached hydrogens (tertiary/aromatic N) is 2. The topological polar surface area (TPSA) is 69.7 Å². The molecule has 6 nitrogen and oxygen atoms in total. The summed E-state index contributed by atoms with van der Waals surface area (Å²) in [4.78, 5) is 39.1. The molecule has 26 heavy (non-hydrogen) atoms. The molecular weight excluding hydrogens is 344 g/mol. The summed E-state index contributed by atoms with van der Waals surface area (Å²) in [5.74, 6) is -2.04. The summed E-state index contributed by atoms with van der Waals surface area (Å²) in [5, 5.41) is 2.49. The van der Waals surface area contributed by atoms with E-state index in [1.54, 1.807) is 0 Å². The standard InChI is InChI=1S/C18H15F2N3O3/c1-11-17(25)22(10-16(24)21-14-6-2-12(19)3-7-14)18(26)23(11)15-8-4-13(20)5-9-15/h2-9,11H,10H2,1H3,(H,21,24). The molecule has 0 saturated carbocycles. The molecule has 4 amide bonds. The number of anilines is 2. The number of amides is 4. The van der Waals surface area contributed by atoms with Gasteiger partial charge in [-0.1, -0.05) is 0 Å². The van der Waals surface area contributed by atoms with Gasteiger partial charge in [-0.05, 0) is 55.5 Å². The first-order valence-electron chi connectivity index (χ1n) is 7.82. The van der Waals surface area contributed by atoms with Crippen molar-refractivity contribution in [2.24, 2.45) is 0 Å². The molecule has 3 rings (SSSR count). The fourth-order valence-corrected chi connectivity index (χ4v) is 2.68. The summed E-state index contributed by atoms with van der Waals surface area (Å²) in [6, 6.07) is 8.77. The van der Waals surface area contributed by atoms with E-state index in [1.165, 1.54) is 60.4 Å². The fraction of sp³-hybridized carbons (Fsp3) is 0.167. The monoisotopic (exact) mass is 359 g/mol. The summed E-state index contributed by atoms with van der Waals surface area (Å²) >= 11 is 0.